The summed E-state index contributed by atoms with van der Waals surface area (Å²) in [6.45, 7) is 2.14. The molecular formula is C11H14FNO2S. The average Bonchev–Trinajstić information content (AvgIpc) is 2.20. The molecule has 3 nitrogen and oxygen atoms in total. The van der Waals surface area contributed by atoms with Crippen LogP contribution in [-0.4, -0.2) is 38.8 Å². The third-order valence-electron chi connectivity index (χ3n) is 2.62. The molecule has 0 radical (unpaired) electrons. The van der Waals surface area contributed by atoms with Crippen molar-refractivity contribution in [3.05, 3.63) is 29.6 Å². The quantitative estimate of drug-likeness (QED) is 0.845. The Bertz CT molecular complexity index is 381. The van der Waals surface area contributed by atoms with Crippen LogP contribution in [0.4, 0.5) is 4.39 Å². The second kappa shape index (κ2) is 4.93. The highest BCUT2D eigenvalue weighted by atomic mass is 32.2. The van der Waals surface area contributed by atoms with Gasteiger partial charge in [-0.3, -0.25) is 9.11 Å². The maximum absolute atomic E-state index is 13.0. The fourth-order valence-electron chi connectivity index (χ4n) is 1.82. The van der Waals surface area contributed by atoms with E-state index in [1.54, 1.807) is 6.07 Å². The predicted octanol–water partition coefficient (Wildman–Crippen LogP) is 1.10. The zero-order chi connectivity index (χ0) is 11.5. The van der Waals surface area contributed by atoms with Gasteiger partial charge in [-0.1, -0.05) is 0 Å². The summed E-state index contributed by atoms with van der Waals surface area (Å²) in [5.41, 5.74) is 0.755. The second-order valence-corrected chi connectivity index (χ2v) is 5.64. The Balaban J connectivity index is 2.00. The van der Waals surface area contributed by atoms with E-state index < -0.39 is 16.6 Å². The molecule has 1 aromatic rings. The van der Waals surface area contributed by atoms with Gasteiger partial charge in [0.2, 0.25) is 0 Å². The number of aromatic hydroxyl groups is 1. The summed E-state index contributed by atoms with van der Waals surface area (Å²) in [6, 6.07) is 4.08. The van der Waals surface area contributed by atoms with Crippen molar-refractivity contribution in [1.82, 2.24) is 4.90 Å². The van der Waals surface area contributed by atoms with Crippen LogP contribution in [0.25, 0.3) is 0 Å². The predicted molar refractivity (Wildman–Crippen MR) is 61.2 cm³/mol. The molecule has 1 fully saturated rings. The molecule has 0 aromatic heterocycles. The zero-order valence-corrected chi connectivity index (χ0v) is 9.67. The maximum Gasteiger partial charge on any atom is 0.127 e. The van der Waals surface area contributed by atoms with Crippen LogP contribution in [0, 0.1) is 5.82 Å². The van der Waals surface area contributed by atoms with Crippen LogP contribution >= 0.6 is 0 Å². The van der Waals surface area contributed by atoms with Crippen molar-refractivity contribution in [2.75, 3.05) is 24.6 Å². The molecule has 1 aromatic carbocycles. The normalized spacial score (nSPS) is 18.8. The van der Waals surface area contributed by atoms with Crippen LogP contribution in [0.15, 0.2) is 18.2 Å². The summed E-state index contributed by atoms with van der Waals surface area (Å²) in [6.07, 6.45) is 0. The first-order valence-electron chi connectivity index (χ1n) is 5.19. The Morgan fingerprint density at radius 3 is 2.62 bits per heavy atom. The molecule has 1 N–H and O–H groups in total. The number of hydrogen-bond donors (Lipinski definition) is 1. The van der Waals surface area contributed by atoms with Crippen molar-refractivity contribution >= 4 is 10.8 Å². The van der Waals surface area contributed by atoms with E-state index in [-0.39, 0.29) is 5.75 Å². The van der Waals surface area contributed by atoms with Crippen molar-refractivity contribution in [2.45, 2.75) is 6.54 Å². The molecule has 0 unspecified atom stereocenters. The SMILES string of the molecule is O=S1CCN(Cc2cc(O)cc(F)c2)CC1. The molecule has 0 atom stereocenters. The minimum absolute atomic E-state index is 0.0458. The third-order valence-corrected chi connectivity index (χ3v) is 3.89. The number of rotatable bonds is 2. The van der Waals surface area contributed by atoms with Crippen molar-refractivity contribution in [3.63, 3.8) is 0 Å². The van der Waals surface area contributed by atoms with E-state index in [0.29, 0.717) is 18.1 Å². The fourth-order valence-corrected chi connectivity index (χ4v) is 2.94. The van der Waals surface area contributed by atoms with Crippen molar-refractivity contribution in [2.24, 2.45) is 0 Å². The van der Waals surface area contributed by atoms with Gasteiger partial charge in [0, 0.05) is 48.0 Å². The molecule has 1 saturated heterocycles. The van der Waals surface area contributed by atoms with Crippen LogP contribution in [0.1, 0.15) is 5.56 Å². The number of phenols is 1. The summed E-state index contributed by atoms with van der Waals surface area (Å²) in [5.74, 6) is 0.897. The topological polar surface area (TPSA) is 40.5 Å². The van der Waals surface area contributed by atoms with E-state index in [0.717, 1.165) is 24.7 Å². The first-order valence-corrected chi connectivity index (χ1v) is 6.68. The van der Waals surface area contributed by atoms with Gasteiger partial charge in [0.15, 0.2) is 0 Å². The highest BCUT2D eigenvalue weighted by Gasteiger charge is 2.15. The molecule has 88 valence electrons. The van der Waals surface area contributed by atoms with Gasteiger partial charge in [-0.2, -0.15) is 0 Å². The number of benzene rings is 1. The van der Waals surface area contributed by atoms with Crippen LogP contribution in [-0.2, 0) is 17.3 Å². The molecule has 5 heteroatoms. The largest absolute Gasteiger partial charge is 0.508 e. The van der Waals surface area contributed by atoms with Crippen LogP contribution in [0.3, 0.4) is 0 Å². The van der Waals surface area contributed by atoms with Gasteiger partial charge in [0.25, 0.3) is 0 Å². The maximum atomic E-state index is 13.0. The second-order valence-electron chi connectivity index (χ2n) is 3.94. The Hall–Kier alpha value is -0.940. The van der Waals surface area contributed by atoms with Gasteiger partial charge in [-0.25, -0.2) is 4.39 Å². The van der Waals surface area contributed by atoms with E-state index in [1.807, 2.05) is 0 Å². The molecule has 0 amide bonds. The van der Waals surface area contributed by atoms with E-state index in [1.165, 1.54) is 6.07 Å². The molecule has 0 aliphatic carbocycles. The minimum Gasteiger partial charge on any atom is -0.508 e. The molecule has 0 saturated carbocycles. The van der Waals surface area contributed by atoms with Crippen molar-refractivity contribution in [1.29, 1.82) is 0 Å². The van der Waals surface area contributed by atoms with Gasteiger partial charge in [-0.05, 0) is 17.7 Å². The third kappa shape index (κ3) is 3.02. The van der Waals surface area contributed by atoms with Crippen LogP contribution in [0.5, 0.6) is 5.75 Å². The molecule has 2 rings (SSSR count). The molecule has 0 spiro atoms. The van der Waals surface area contributed by atoms with Gasteiger partial charge in [0.05, 0.1) is 0 Å². The lowest BCUT2D eigenvalue weighted by Crippen LogP contribution is -2.37. The van der Waals surface area contributed by atoms with E-state index in [4.69, 9.17) is 0 Å². The number of nitrogens with zero attached hydrogens (tertiary/aromatic N) is 1. The van der Waals surface area contributed by atoms with E-state index in [2.05, 4.69) is 4.90 Å². The lowest BCUT2D eigenvalue weighted by molar-refractivity contribution is 0.290. The highest BCUT2D eigenvalue weighted by Crippen LogP contribution is 2.16. The Morgan fingerprint density at radius 2 is 2.00 bits per heavy atom. The number of halogens is 1. The van der Waals surface area contributed by atoms with E-state index >= 15 is 0 Å². The first kappa shape index (κ1) is 11.5. The van der Waals surface area contributed by atoms with Gasteiger partial charge < -0.3 is 5.11 Å². The highest BCUT2D eigenvalue weighted by molar-refractivity contribution is 7.85. The smallest absolute Gasteiger partial charge is 0.127 e. The van der Waals surface area contributed by atoms with Gasteiger partial charge >= 0.3 is 0 Å². The zero-order valence-electron chi connectivity index (χ0n) is 8.86. The summed E-state index contributed by atoms with van der Waals surface area (Å²) in [7, 11) is -0.693. The van der Waals surface area contributed by atoms with Crippen molar-refractivity contribution in [3.8, 4) is 5.75 Å². The number of hydrogen-bond acceptors (Lipinski definition) is 3. The van der Waals surface area contributed by atoms with E-state index in [9.17, 15) is 13.7 Å². The lowest BCUT2D eigenvalue weighted by atomic mass is 10.2. The lowest BCUT2D eigenvalue weighted by Gasteiger charge is -2.26. The molecule has 1 heterocycles. The Labute approximate surface area is 96.3 Å². The summed E-state index contributed by atoms with van der Waals surface area (Å²) < 4.78 is 24.2. The average molecular weight is 243 g/mol. The first-order chi connectivity index (χ1) is 7.63. The number of phenolic OH excluding ortho intramolecular Hbond substituents is 1. The fraction of sp³-hybridized carbons (Fsp3) is 0.455. The van der Waals surface area contributed by atoms with Crippen LogP contribution < -0.4 is 0 Å². The molecule has 0 bridgehead atoms. The molecule has 16 heavy (non-hydrogen) atoms. The standard InChI is InChI=1S/C11H14FNO2S/c12-10-5-9(6-11(14)7-10)8-13-1-3-16(15)4-2-13/h5-7,14H,1-4,8H2. The molecular weight excluding hydrogens is 229 g/mol. The van der Waals surface area contributed by atoms with Crippen LogP contribution in [0.2, 0.25) is 0 Å². The Morgan fingerprint density at radius 1 is 1.31 bits per heavy atom. The summed E-state index contributed by atoms with van der Waals surface area (Å²) >= 11 is 0. The van der Waals surface area contributed by atoms with Crippen molar-refractivity contribution < 1.29 is 13.7 Å². The minimum atomic E-state index is -0.693. The summed E-state index contributed by atoms with van der Waals surface area (Å²) in [5, 5.41) is 9.26. The van der Waals surface area contributed by atoms with Gasteiger partial charge in [-0.15, -0.1) is 0 Å². The monoisotopic (exact) mass is 243 g/mol. The Kier molecular flexibility index (Phi) is 3.56. The molecule has 1 aliphatic rings. The van der Waals surface area contributed by atoms with Gasteiger partial charge in [0.1, 0.15) is 11.6 Å². The molecule has 1 aliphatic heterocycles. The summed E-state index contributed by atoms with van der Waals surface area (Å²) in [4.78, 5) is 2.12.